The van der Waals surface area contributed by atoms with Crippen molar-refractivity contribution >= 4 is 5.97 Å². The highest BCUT2D eigenvalue weighted by molar-refractivity contribution is 5.75. The summed E-state index contributed by atoms with van der Waals surface area (Å²) in [4.78, 5) is 12.0. The lowest BCUT2D eigenvalue weighted by molar-refractivity contribution is -0.268. The van der Waals surface area contributed by atoms with Crippen molar-refractivity contribution in [2.75, 3.05) is 13.2 Å². The smallest absolute Gasteiger partial charge is 0.309 e. The van der Waals surface area contributed by atoms with Crippen LogP contribution in [0.3, 0.4) is 0 Å². The van der Waals surface area contributed by atoms with Gasteiger partial charge in [-0.3, -0.25) is 4.79 Å². The molecule has 0 N–H and O–H groups in total. The maximum Gasteiger partial charge on any atom is 0.309 e. The summed E-state index contributed by atoms with van der Waals surface area (Å²) in [6, 6.07) is 0. The van der Waals surface area contributed by atoms with E-state index < -0.39 is 5.79 Å². The highest BCUT2D eigenvalue weighted by Gasteiger charge is 2.65. The molecule has 4 nitrogen and oxygen atoms in total. The number of esters is 1. The Kier molecular flexibility index (Phi) is 2.84. The van der Waals surface area contributed by atoms with E-state index >= 15 is 0 Å². The molecule has 4 heteroatoms. The van der Waals surface area contributed by atoms with Crippen molar-refractivity contribution in [1.29, 1.82) is 0 Å². The highest BCUT2D eigenvalue weighted by Crippen LogP contribution is 2.61. The minimum Gasteiger partial charge on any atom is -0.461 e. The molecule has 116 valence electrons. The molecule has 4 aliphatic rings. The second-order valence-corrected chi connectivity index (χ2v) is 7.39. The molecule has 0 amide bonds. The minimum atomic E-state index is -0.514. The van der Waals surface area contributed by atoms with Crippen molar-refractivity contribution in [3.05, 3.63) is 11.6 Å². The Balaban J connectivity index is 1.78. The summed E-state index contributed by atoms with van der Waals surface area (Å²) in [5.41, 5.74) is 1.23. The van der Waals surface area contributed by atoms with Crippen LogP contribution in [0.15, 0.2) is 11.6 Å². The zero-order valence-electron chi connectivity index (χ0n) is 13.1. The van der Waals surface area contributed by atoms with Crippen LogP contribution in [-0.2, 0) is 19.0 Å². The van der Waals surface area contributed by atoms with Crippen LogP contribution in [0.2, 0.25) is 0 Å². The summed E-state index contributed by atoms with van der Waals surface area (Å²) < 4.78 is 18.0. The van der Waals surface area contributed by atoms with Crippen molar-refractivity contribution in [3.63, 3.8) is 0 Å². The number of hydrogen-bond donors (Lipinski definition) is 0. The van der Waals surface area contributed by atoms with Gasteiger partial charge in [0.2, 0.25) is 0 Å². The Hall–Kier alpha value is -0.870. The number of fused-ring (bicyclic) bond motifs is 4. The molecule has 3 fully saturated rings. The van der Waals surface area contributed by atoms with E-state index in [1.54, 1.807) is 0 Å². The first-order valence-electron chi connectivity index (χ1n) is 8.14. The van der Waals surface area contributed by atoms with Gasteiger partial charge in [-0.2, -0.15) is 0 Å². The molecule has 0 radical (unpaired) electrons. The summed E-state index contributed by atoms with van der Waals surface area (Å²) in [6.07, 6.45) is 5.09. The molecule has 21 heavy (non-hydrogen) atoms. The normalized spacial score (nSPS) is 47.8. The molecule has 2 aliphatic carbocycles. The molecule has 2 saturated heterocycles. The Morgan fingerprint density at radius 3 is 2.71 bits per heavy atom. The fourth-order valence-electron chi connectivity index (χ4n) is 5.25. The predicted molar refractivity (Wildman–Crippen MR) is 76.4 cm³/mol. The summed E-state index contributed by atoms with van der Waals surface area (Å²) in [5.74, 6) is 0.0402. The van der Waals surface area contributed by atoms with Gasteiger partial charge in [0.1, 0.15) is 6.10 Å². The average molecular weight is 292 g/mol. The van der Waals surface area contributed by atoms with Crippen LogP contribution in [0.4, 0.5) is 0 Å². The standard InChI is InChI=1S/C17H24O4/c1-10-4-7-17(19-8-9-20-17)16(3)6-5-12-11(2)15(18)21-14(12)13(10)16/h4,11-14H,5-9H2,1-3H3/t11-,12-,13+,14-,16+/m0/s1. The van der Waals surface area contributed by atoms with E-state index in [0.717, 1.165) is 19.3 Å². The first-order chi connectivity index (χ1) is 9.98. The van der Waals surface area contributed by atoms with Crippen LogP contribution in [0, 0.1) is 23.2 Å². The Bertz CT molecular complexity index is 505. The van der Waals surface area contributed by atoms with E-state index in [9.17, 15) is 4.79 Å². The van der Waals surface area contributed by atoms with E-state index in [-0.39, 0.29) is 29.3 Å². The van der Waals surface area contributed by atoms with Crippen molar-refractivity contribution in [1.82, 2.24) is 0 Å². The molecule has 2 heterocycles. The maximum absolute atomic E-state index is 12.0. The molecule has 1 saturated carbocycles. The molecular formula is C17H24O4. The third-order valence-electron chi connectivity index (χ3n) is 6.51. The van der Waals surface area contributed by atoms with Gasteiger partial charge in [0.25, 0.3) is 0 Å². The Morgan fingerprint density at radius 1 is 1.29 bits per heavy atom. The second-order valence-electron chi connectivity index (χ2n) is 7.39. The third kappa shape index (κ3) is 1.61. The number of ether oxygens (including phenoxy) is 3. The molecule has 0 bridgehead atoms. The topological polar surface area (TPSA) is 44.8 Å². The molecule has 0 unspecified atom stereocenters. The molecule has 0 aromatic heterocycles. The molecule has 5 atom stereocenters. The molecule has 0 aromatic carbocycles. The van der Waals surface area contributed by atoms with E-state index in [4.69, 9.17) is 14.2 Å². The highest BCUT2D eigenvalue weighted by atomic mass is 16.7. The summed E-state index contributed by atoms with van der Waals surface area (Å²) in [5, 5.41) is 0. The van der Waals surface area contributed by atoms with Crippen molar-refractivity contribution in [2.24, 2.45) is 23.2 Å². The Labute approximate surface area is 125 Å². The molecule has 0 aromatic rings. The van der Waals surface area contributed by atoms with E-state index in [1.165, 1.54) is 5.57 Å². The van der Waals surface area contributed by atoms with Gasteiger partial charge in [-0.05, 0) is 19.8 Å². The van der Waals surface area contributed by atoms with Gasteiger partial charge >= 0.3 is 5.97 Å². The van der Waals surface area contributed by atoms with Gasteiger partial charge in [-0.1, -0.05) is 25.5 Å². The van der Waals surface area contributed by atoms with Crippen LogP contribution >= 0.6 is 0 Å². The van der Waals surface area contributed by atoms with Crippen LogP contribution in [-0.4, -0.2) is 31.1 Å². The summed E-state index contributed by atoms with van der Waals surface area (Å²) in [6.45, 7) is 7.78. The first kappa shape index (κ1) is 13.8. The fourth-order valence-corrected chi connectivity index (χ4v) is 5.25. The second kappa shape index (κ2) is 4.32. The third-order valence-corrected chi connectivity index (χ3v) is 6.51. The van der Waals surface area contributed by atoms with Gasteiger partial charge in [-0.25, -0.2) is 0 Å². The number of hydrogen-bond acceptors (Lipinski definition) is 4. The number of rotatable bonds is 0. The van der Waals surface area contributed by atoms with Crippen LogP contribution in [0.1, 0.15) is 40.0 Å². The average Bonchev–Trinajstić information content (AvgIpc) is 3.03. The van der Waals surface area contributed by atoms with Crippen LogP contribution in [0.5, 0.6) is 0 Å². The maximum atomic E-state index is 12.0. The molecular weight excluding hydrogens is 268 g/mol. The lowest BCUT2D eigenvalue weighted by Crippen LogP contribution is -2.60. The monoisotopic (exact) mass is 292 g/mol. The van der Waals surface area contributed by atoms with Gasteiger partial charge in [-0.15, -0.1) is 0 Å². The van der Waals surface area contributed by atoms with E-state index in [2.05, 4.69) is 19.9 Å². The lowest BCUT2D eigenvalue weighted by atomic mass is 9.53. The lowest BCUT2D eigenvalue weighted by Gasteiger charge is -2.56. The predicted octanol–water partition coefficient (Wildman–Crippen LogP) is 2.67. The van der Waals surface area contributed by atoms with Crippen molar-refractivity contribution < 1.29 is 19.0 Å². The largest absolute Gasteiger partial charge is 0.461 e. The van der Waals surface area contributed by atoms with Gasteiger partial charge < -0.3 is 14.2 Å². The number of carbonyl (C=O) groups is 1. The van der Waals surface area contributed by atoms with Gasteiger partial charge in [0.15, 0.2) is 5.79 Å². The van der Waals surface area contributed by atoms with E-state index in [1.807, 2.05) is 6.92 Å². The molecule has 1 spiro atoms. The van der Waals surface area contributed by atoms with Gasteiger partial charge in [0, 0.05) is 23.7 Å². The van der Waals surface area contributed by atoms with Crippen LogP contribution in [0.25, 0.3) is 0 Å². The van der Waals surface area contributed by atoms with Crippen molar-refractivity contribution in [3.8, 4) is 0 Å². The minimum absolute atomic E-state index is 0.00697. The zero-order valence-corrected chi connectivity index (χ0v) is 13.1. The SMILES string of the molecule is CC1=CCC2(OCCO2)[C@]2(C)CC[C@@H]3[C@H](OC(=O)[C@H]3C)[C@@H]12. The van der Waals surface area contributed by atoms with Gasteiger partial charge in [0.05, 0.1) is 19.1 Å². The quantitative estimate of drug-likeness (QED) is 0.508. The summed E-state index contributed by atoms with van der Waals surface area (Å²) in [7, 11) is 0. The zero-order chi connectivity index (χ0) is 14.8. The molecule has 2 aliphatic heterocycles. The first-order valence-corrected chi connectivity index (χ1v) is 8.14. The van der Waals surface area contributed by atoms with E-state index in [0.29, 0.717) is 19.1 Å². The molecule has 4 rings (SSSR count). The number of carbonyl (C=O) groups excluding carboxylic acids is 1. The fraction of sp³-hybridized carbons (Fsp3) is 0.824. The summed E-state index contributed by atoms with van der Waals surface area (Å²) >= 11 is 0. The van der Waals surface area contributed by atoms with Crippen molar-refractivity contribution in [2.45, 2.75) is 51.9 Å². The Morgan fingerprint density at radius 2 is 2.00 bits per heavy atom. The van der Waals surface area contributed by atoms with Crippen LogP contribution < -0.4 is 0 Å².